The van der Waals surface area contributed by atoms with Gasteiger partial charge in [0.25, 0.3) is 0 Å². The maximum atomic E-state index is 14.1. The minimum absolute atomic E-state index is 0.0161. The van der Waals surface area contributed by atoms with Crippen molar-refractivity contribution in [1.82, 2.24) is 24.6 Å². The Morgan fingerprint density at radius 3 is 2.71 bits per heavy atom. The summed E-state index contributed by atoms with van der Waals surface area (Å²) in [6, 6.07) is 12.3. The van der Waals surface area contributed by atoms with Gasteiger partial charge in [-0.2, -0.15) is 10.1 Å². The third-order valence-electron chi connectivity index (χ3n) is 8.55. The Balaban J connectivity index is 1.51. The molecular formula is C32H37N7O2. The Labute approximate surface area is 240 Å². The Morgan fingerprint density at radius 1 is 1.15 bits per heavy atom. The summed E-state index contributed by atoms with van der Waals surface area (Å²) < 4.78 is 1.84. The average Bonchev–Trinajstić information content (AvgIpc) is 3.45. The third-order valence-corrected chi connectivity index (χ3v) is 8.55. The van der Waals surface area contributed by atoms with Crippen LogP contribution in [-0.4, -0.2) is 62.8 Å². The predicted octanol–water partition coefficient (Wildman–Crippen LogP) is 4.33. The van der Waals surface area contributed by atoms with Crippen molar-refractivity contribution >= 4 is 28.3 Å². The van der Waals surface area contributed by atoms with Crippen LogP contribution in [-0.2, 0) is 17.8 Å². The Bertz CT molecular complexity index is 1700. The van der Waals surface area contributed by atoms with Gasteiger partial charge in [-0.25, -0.2) is 4.79 Å². The molecule has 2 aliphatic heterocycles. The SMILES string of the molecule is C=CC(=O)N1CCN(c2nc(=O)n(-c3ccccc3C(C)C)c3c2CCN(c2c(C)ccc4[nH]ncc24)C3)[C@H](C)C1. The molecule has 9 heteroatoms. The topological polar surface area (TPSA) is 90.4 Å². The van der Waals surface area contributed by atoms with Gasteiger partial charge in [0, 0.05) is 43.2 Å². The van der Waals surface area contributed by atoms with Crippen molar-refractivity contribution in [3.63, 3.8) is 0 Å². The molecule has 0 bridgehead atoms. The first-order valence-corrected chi connectivity index (χ1v) is 14.4. The summed E-state index contributed by atoms with van der Waals surface area (Å²) in [5.74, 6) is 0.927. The van der Waals surface area contributed by atoms with Gasteiger partial charge < -0.3 is 14.7 Å². The molecule has 1 amide bonds. The molecular weight excluding hydrogens is 514 g/mol. The highest BCUT2D eigenvalue weighted by Crippen LogP contribution is 2.36. The number of hydrogen-bond acceptors (Lipinski definition) is 6. The molecule has 0 unspecified atom stereocenters. The molecule has 2 aromatic heterocycles. The van der Waals surface area contributed by atoms with Crippen molar-refractivity contribution in [1.29, 1.82) is 0 Å². The number of aromatic nitrogens is 4. The Morgan fingerprint density at radius 2 is 1.95 bits per heavy atom. The number of hydrogen-bond donors (Lipinski definition) is 1. The van der Waals surface area contributed by atoms with Gasteiger partial charge in [0.2, 0.25) is 5.91 Å². The van der Waals surface area contributed by atoms with Crippen LogP contribution in [0.2, 0.25) is 0 Å². The number of para-hydroxylation sites is 1. The lowest BCUT2D eigenvalue weighted by atomic mass is 9.98. The zero-order chi connectivity index (χ0) is 28.8. The van der Waals surface area contributed by atoms with Crippen LogP contribution in [0.25, 0.3) is 16.6 Å². The van der Waals surface area contributed by atoms with Gasteiger partial charge in [-0.05, 0) is 55.5 Å². The Kier molecular flexibility index (Phi) is 6.89. The van der Waals surface area contributed by atoms with Gasteiger partial charge in [0.05, 0.1) is 35.3 Å². The summed E-state index contributed by atoms with van der Waals surface area (Å²) in [4.78, 5) is 37.5. The van der Waals surface area contributed by atoms with E-state index in [1.807, 2.05) is 33.9 Å². The molecule has 1 atom stereocenters. The van der Waals surface area contributed by atoms with Crippen LogP contribution < -0.4 is 15.5 Å². The molecule has 0 saturated carbocycles. The largest absolute Gasteiger partial charge is 0.365 e. The molecule has 1 N–H and O–H groups in total. The van der Waals surface area contributed by atoms with Crippen LogP contribution in [0, 0.1) is 6.92 Å². The number of carbonyl (C=O) groups excluding carboxylic acids is 1. The van der Waals surface area contributed by atoms with Gasteiger partial charge in [-0.1, -0.05) is 44.7 Å². The van der Waals surface area contributed by atoms with E-state index in [2.05, 4.69) is 72.5 Å². The van der Waals surface area contributed by atoms with E-state index in [9.17, 15) is 9.59 Å². The number of aromatic amines is 1. The summed E-state index contributed by atoms with van der Waals surface area (Å²) in [5.41, 5.74) is 7.10. The molecule has 1 saturated heterocycles. The second-order valence-corrected chi connectivity index (χ2v) is 11.5. The lowest BCUT2D eigenvalue weighted by Gasteiger charge is -2.42. The fourth-order valence-electron chi connectivity index (χ4n) is 6.51. The summed E-state index contributed by atoms with van der Waals surface area (Å²) in [6.45, 7) is 15.3. The van der Waals surface area contributed by atoms with Crippen LogP contribution in [0.1, 0.15) is 49.1 Å². The fourth-order valence-corrected chi connectivity index (χ4v) is 6.51. The number of carbonyl (C=O) groups is 1. The predicted molar refractivity (Wildman–Crippen MR) is 163 cm³/mol. The third kappa shape index (κ3) is 4.59. The zero-order valence-electron chi connectivity index (χ0n) is 24.2. The van der Waals surface area contributed by atoms with E-state index in [0.717, 1.165) is 57.9 Å². The first-order valence-electron chi connectivity index (χ1n) is 14.4. The smallest absolute Gasteiger partial charge is 0.354 e. The normalized spacial score (nSPS) is 17.3. The van der Waals surface area contributed by atoms with Crippen molar-refractivity contribution in [2.45, 2.75) is 52.6 Å². The lowest BCUT2D eigenvalue weighted by molar-refractivity contribution is -0.126. The van der Waals surface area contributed by atoms with Gasteiger partial charge in [0.15, 0.2) is 0 Å². The number of rotatable bonds is 5. The number of nitrogens with zero attached hydrogens (tertiary/aromatic N) is 6. The molecule has 9 nitrogen and oxygen atoms in total. The summed E-state index contributed by atoms with van der Waals surface area (Å²) in [6.07, 6.45) is 4.00. The fraction of sp³-hybridized carbons (Fsp3) is 0.375. The minimum atomic E-state index is -0.274. The van der Waals surface area contributed by atoms with Gasteiger partial charge in [-0.3, -0.25) is 14.5 Å². The second kappa shape index (κ2) is 10.5. The van der Waals surface area contributed by atoms with E-state index in [1.54, 1.807) is 0 Å². The van der Waals surface area contributed by atoms with E-state index in [1.165, 1.54) is 11.6 Å². The molecule has 4 aromatic rings. The molecule has 0 spiro atoms. The maximum absolute atomic E-state index is 14.1. The zero-order valence-corrected chi connectivity index (χ0v) is 24.2. The highest BCUT2D eigenvalue weighted by atomic mass is 16.2. The monoisotopic (exact) mass is 551 g/mol. The van der Waals surface area contributed by atoms with E-state index < -0.39 is 0 Å². The summed E-state index contributed by atoms with van der Waals surface area (Å²) in [5, 5.41) is 8.48. The molecule has 6 rings (SSSR count). The van der Waals surface area contributed by atoms with E-state index in [0.29, 0.717) is 26.2 Å². The molecule has 0 radical (unpaired) electrons. The maximum Gasteiger partial charge on any atom is 0.354 e. The molecule has 41 heavy (non-hydrogen) atoms. The van der Waals surface area contributed by atoms with Crippen molar-refractivity contribution in [3.8, 4) is 5.69 Å². The number of fused-ring (bicyclic) bond motifs is 2. The van der Waals surface area contributed by atoms with Crippen molar-refractivity contribution in [3.05, 3.63) is 88.1 Å². The van der Waals surface area contributed by atoms with Crippen LogP contribution in [0.5, 0.6) is 0 Å². The lowest BCUT2D eigenvalue weighted by Crippen LogP contribution is -2.54. The van der Waals surface area contributed by atoms with Gasteiger partial charge in [-0.15, -0.1) is 0 Å². The van der Waals surface area contributed by atoms with Gasteiger partial charge in [0.1, 0.15) is 5.82 Å². The quantitative estimate of drug-likeness (QED) is 0.372. The number of anilines is 2. The van der Waals surface area contributed by atoms with Crippen LogP contribution >= 0.6 is 0 Å². The van der Waals surface area contributed by atoms with E-state index in [-0.39, 0.29) is 23.6 Å². The van der Waals surface area contributed by atoms with Crippen molar-refractivity contribution in [2.75, 3.05) is 36.0 Å². The summed E-state index contributed by atoms with van der Waals surface area (Å²) in [7, 11) is 0. The minimum Gasteiger partial charge on any atom is -0.365 e. The Hall–Kier alpha value is -4.40. The number of aryl methyl sites for hydroxylation is 1. The van der Waals surface area contributed by atoms with Crippen LogP contribution in [0.3, 0.4) is 0 Å². The first-order chi connectivity index (χ1) is 19.8. The molecule has 4 heterocycles. The molecule has 212 valence electrons. The van der Waals surface area contributed by atoms with Crippen LogP contribution in [0.4, 0.5) is 11.5 Å². The standard InChI is InChI=1S/C32H37N7O2/c1-6-29(40)36-15-16-38(22(5)18-36)31-24-13-14-37(30-21(4)11-12-26-25(30)17-33-35-26)19-28(24)39(32(41)34-31)27-10-8-7-9-23(27)20(2)3/h6-12,17,20,22H,1,13-16,18-19H2,2-5H3,(H,33,35)/t22-/m1/s1. The molecule has 2 aromatic carbocycles. The summed E-state index contributed by atoms with van der Waals surface area (Å²) >= 11 is 0. The van der Waals surface area contributed by atoms with Gasteiger partial charge >= 0.3 is 5.69 Å². The highest BCUT2D eigenvalue weighted by Gasteiger charge is 2.33. The molecule has 2 aliphatic rings. The molecule has 1 fully saturated rings. The number of benzene rings is 2. The number of piperazine rings is 1. The van der Waals surface area contributed by atoms with E-state index in [4.69, 9.17) is 4.98 Å². The van der Waals surface area contributed by atoms with E-state index >= 15 is 0 Å². The number of nitrogens with one attached hydrogen (secondary N) is 1. The highest BCUT2D eigenvalue weighted by molar-refractivity contribution is 5.93. The second-order valence-electron chi connectivity index (χ2n) is 11.5. The van der Waals surface area contributed by atoms with Crippen LogP contribution in [0.15, 0.2) is 60.0 Å². The molecule has 0 aliphatic carbocycles. The number of H-pyrrole nitrogens is 1. The number of amides is 1. The van der Waals surface area contributed by atoms with Crippen molar-refractivity contribution < 1.29 is 4.79 Å². The van der Waals surface area contributed by atoms with Crippen molar-refractivity contribution in [2.24, 2.45) is 0 Å². The average molecular weight is 552 g/mol. The first kappa shape index (κ1) is 26.8.